The summed E-state index contributed by atoms with van der Waals surface area (Å²) >= 11 is 5.72. The molecule has 1 aromatic carbocycles. The number of hydrogen-bond donors (Lipinski definition) is 0. The molecule has 0 saturated carbocycles. The number of benzene rings is 1. The molecule has 70 valence electrons. The highest BCUT2D eigenvalue weighted by atomic mass is 35.5. The minimum Gasteiger partial charge on any atom is -0.201 e. The van der Waals surface area contributed by atoms with Gasteiger partial charge in [-0.15, -0.1) is 0 Å². The molecule has 0 bridgehead atoms. The maximum atomic E-state index is 13.3. The number of hydrogen-bond acceptors (Lipinski definition) is 0. The summed E-state index contributed by atoms with van der Waals surface area (Å²) in [4.78, 5) is 0. The zero-order valence-corrected chi connectivity index (χ0v) is 7.74. The Kier molecular flexibility index (Phi) is 2.03. The number of fused-ring (bicyclic) bond motifs is 1. The fourth-order valence-electron chi connectivity index (χ4n) is 1.76. The summed E-state index contributed by atoms with van der Waals surface area (Å²) in [5.74, 6) is -2.65. The molecule has 0 radical (unpaired) electrons. The third-order valence-electron chi connectivity index (χ3n) is 2.40. The Morgan fingerprint density at radius 2 is 2.08 bits per heavy atom. The summed E-state index contributed by atoms with van der Waals surface area (Å²) in [5.41, 5.74) is 0.854. The van der Waals surface area contributed by atoms with Gasteiger partial charge in [0.25, 0.3) is 5.92 Å². The number of aryl methyl sites for hydroxylation is 1. The minimum atomic E-state index is -2.65. The van der Waals surface area contributed by atoms with Crippen molar-refractivity contribution >= 4 is 11.6 Å². The molecule has 0 spiro atoms. The van der Waals surface area contributed by atoms with Gasteiger partial charge in [-0.3, -0.25) is 0 Å². The van der Waals surface area contributed by atoms with Crippen LogP contribution >= 0.6 is 11.6 Å². The van der Waals surface area contributed by atoms with Crippen LogP contribution in [0.4, 0.5) is 8.78 Å². The van der Waals surface area contributed by atoms with Crippen LogP contribution in [0.3, 0.4) is 0 Å². The van der Waals surface area contributed by atoms with E-state index in [-0.39, 0.29) is 12.0 Å². The lowest BCUT2D eigenvalue weighted by Crippen LogP contribution is -2.20. The Hall–Kier alpha value is -0.630. The second-order valence-electron chi connectivity index (χ2n) is 3.36. The Balaban J connectivity index is 2.53. The van der Waals surface area contributed by atoms with Crippen LogP contribution in [0.2, 0.25) is 5.02 Å². The molecular weight excluding hydrogens is 194 g/mol. The standard InChI is InChI=1S/C10H9ClF2/c11-8-3-4-9-7(6-8)2-1-5-10(9,12)13/h3-4,6H,1-2,5H2. The van der Waals surface area contributed by atoms with E-state index < -0.39 is 5.92 Å². The van der Waals surface area contributed by atoms with Gasteiger partial charge in [0.15, 0.2) is 0 Å². The van der Waals surface area contributed by atoms with Gasteiger partial charge >= 0.3 is 0 Å². The molecule has 2 rings (SSSR count). The summed E-state index contributed by atoms with van der Waals surface area (Å²) in [5, 5.41) is 0.538. The predicted molar refractivity (Wildman–Crippen MR) is 48.3 cm³/mol. The summed E-state index contributed by atoms with van der Waals surface area (Å²) < 4.78 is 26.6. The van der Waals surface area contributed by atoms with Crippen LogP contribution in [0.15, 0.2) is 18.2 Å². The summed E-state index contributed by atoms with van der Waals surface area (Å²) in [6.45, 7) is 0. The van der Waals surface area contributed by atoms with E-state index in [4.69, 9.17) is 11.6 Å². The lowest BCUT2D eigenvalue weighted by molar-refractivity contribution is -0.0216. The zero-order valence-electron chi connectivity index (χ0n) is 6.99. The Bertz CT molecular complexity index is 334. The van der Waals surface area contributed by atoms with Crippen LogP contribution in [0, 0.1) is 0 Å². The SMILES string of the molecule is FC1(F)CCCc2cc(Cl)ccc21. The van der Waals surface area contributed by atoms with E-state index in [2.05, 4.69) is 0 Å². The molecule has 0 N–H and O–H groups in total. The number of halogens is 3. The van der Waals surface area contributed by atoms with Gasteiger partial charge in [0.05, 0.1) is 0 Å². The summed E-state index contributed by atoms with van der Waals surface area (Å²) in [6.07, 6.45) is 1.22. The molecule has 0 atom stereocenters. The molecule has 3 heteroatoms. The van der Waals surface area contributed by atoms with Crippen LogP contribution in [-0.4, -0.2) is 0 Å². The van der Waals surface area contributed by atoms with E-state index in [1.165, 1.54) is 12.1 Å². The topological polar surface area (TPSA) is 0 Å². The van der Waals surface area contributed by atoms with Gasteiger partial charge in [-0.1, -0.05) is 17.7 Å². The molecule has 0 amide bonds. The van der Waals surface area contributed by atoms with Crippen LogP contribution < -0.4 is 0 Å². The average molecular weight is 203 g/mol. The lowest BCUT2D eigenvalue weighted by Gasteiger charge is -2.24. The second-order valence-corrected chi connectivity index (χ2v) is 3.80. The molecule has 0 saturated heterocycles. The number of rotatable bonds is 0. The molecule has 1 aliphatic rings. The monoisotopic (exact) mass is 202 g/mol. The van der Waals surface area contributed by atoms with Crippen molar-refractivity contribution < 1.29 is 8.78 Å². The molecule has 1 aromatic rings. The first-order valence-electron chi connectivity index (χ1n) is 4.26. The van der Waals surface area contributed by atoms with Gasteiger partial charge < -0.3 is 0 Å². The maximum absolute atomic E-state index is 13.3. The van der Waals surface area contributed by atoms with Gasteiger partial charge in [0.2, 0.25) is 0 Å². The van der Waals surface area contributed by atoms with Crippen molar-refractivity contribution in [3.63, 3.8) is 0 Å². The van der Waals surface area contributed by atoms with E-state index in [0.717, 1.165) is 0 Å². The van der Waals surface area contributed by atoms with Crippen molar-refractivity contribution in [3.05, 3.63) is 34.3 Å². The quantitative estimate of drug-likeness (QED) is 0.601. The van der Waals surface area contributed by atoms with Crippen molar-refractivity contribution in [1.82, 2.24) is 0 Å². The van der Waals surface area contributed by atoms with E-state index in [0.29, 0.717) is 23.4 Å². The average Bonchev–Trinajstić information content (AvgIpc) is 2.02. The Labute approximate surface area is 80.5 Å². The van der Waals surface area contributed by atoms with E-state index in [1.807, 2.05) is 0 Å². The highest BCUT2D eigenvalue weighted by Gasteiger charge is 2.36. The molecule has 0 unspecified atom stereocenters. The van der Waals surface area contributed by atoms with Crippen LogP contribution in [0.25, 0.3) is 0 Å². The highest BCUT2D eigenvalue weighted by Crippen LogP contribution is 2.40. The molecule has 1 aliphatic carbocycles. The fourth-order valence-corrected chi connectivity index (χ4v) is 1.96. The van der Waals surface area contributed by atoms with Crippen molar-refractivity contribution in [2.24, 2.45) is 0 Å². The smallest absolute Gasteiger partial charge is 0.201 e. The van der Waals surface area contributed by atoms with Crippen molar-refractivity contribution in [1.29, 1.82) is 0 Å². The van der Waals surface area contributed by atoms with E-state index >= 15 is 0 Å². The van der Waals surface area contributed by atoms with Crippen molar-refractivity contribution in [2.75, 3.05) is 0 Å². The largest absolute Gasteiger partial charge is 0.273 e. The van der Waals surface area contributed by atoms with E-state index in [1.54, 1.807) is 6.07 Å². The Morgan fingerprint density at radius 1 is 1.31 bits per heavy atom. The normalized spacial score (nSPS) is 19.6. The summed E-state index contributed by atoms with van der Waals surface area (Å²) in [6, 6.07) is 4.61. The molecular formula is C10H9ClF2. The Morgan fingerprint density at radius 3 is 2.85 bits per heavy atom. The molecule has 0 fully saturated rings. The molecule has 0 nitrogen and oxygen atoms in total. The fraction of sp³-hybridized carbons (Fsp3) is 0.400. The minimum absolute atomic E-state index is 0.0400. The lowest BCUT2D eigenvalue weighted by atomic mass is 9.89. The van der Waals surface area contributed by atoms with E-state index in [9.17, 15) is 8.78 Å². The van der Waals surface area contributed by atoms with Gasteiger partial charge in [-0.25, -0.2) is 8.78 Å². The maximum Gasteiger partial charge on any atom is 0.273 e. The second kappa shape index (κ2) is 2.95. The third kappa shape index (κ3) is 1.55. The first kappa shape index (κ1) is 8.95. The van der Waals surface area contributed by atoms with Gasteiger partial charge in [0, 0.05) is 17.0 Å². The van der Waals surface area contributed by atoms with Crippen LogP contribution in [0.1, 0.15) is 24.0 Å². The number of alkyl halides is 2. The van der Waals surface area contributed by atoms with Crippen LogP contribution in [0.5, 0.6) is 0 Å². The predicted octanol–water partition coefficient (Wildman–Crippen LogP) is 3.77. The zero-order chi connectivity index (χ0) is 9.47. The first-order valence-corrected chi connectivity index (χ1v) is 4.64. The highest BCUT2D eigenvalue weighted by molar-refractivity contribution is 6.30. The molecule has 13 heavy (non-hydrogen) atoms. The third-order valence-corrected chi connectivity index (χ3v) is 2.63. The van der Waals surface area contributed by atoms with Gasteiger partial charge in [-0.2, -0.15) is 0 Å². The van der Waals surface area contributed by atoms with Gasteiger partial charge in [-0.05, 0) is 30.5 Å². The summed E-state index contributed by atoms with van der Waals surface area (Å²) in [7, 11) is 0. The molecule has 0 aromatic heterocycles. The van der Waals surface area contributed by atoms with Crippen LogP contribution in [-0.2, 0) is 12.3 Å². The van der Waals surface area contributed by atoms with Crippen molar-refractivity contribution in [3.8, 4) is 0 Å². The van der Waals surface area contributed by atoms with Gasteiger partial charge in [0.1, 0.15) is 0 Å². The molecule has 0 aliphatic heterocycles. The van der Waals surface area contributed by atoms with Crippen molar-refractivity contribution in [2.45, 2.75) is 25.2 Å². The molecule has 0 heterocycles. The first-order chi connectivity index (χ1) is 6.09.